The quantitative estimate of drug-likeness (QED) is 0.866. The predicted octanol–water partition coefficient (Wildman–Crippen LogP) is 1.97. The first kappa shape index (κ1) is 13.4. The Morgan fingerprint density at radius 3 is 2.90 bits per heavy atom. The number of pyridine rings is 2. The van der Waals surface area contributed by atoms with Gasteiger partial charge in [0.15, 0.2) is 5.82 Å². The van der Waals surface area contributed by atoms with E-state index in [2.05, 4.69) is 15.3 Å². The van der Waals surface area contributed by atoms with E-state index in [4.69, 9.17) is 4.74 Å². The fourth-order valence-electron chi connectivity index (χ4n) is 2.38. The summed E-state index contributed by atoms with van der Waals surface area (Å²) < 4.78 is 5.05. The van der Waals surface area contributed by atoms with Gasteiger partial charge in [0.05, 0.1) is 18.0 Å². The minimum absolute atomic E-state index is 0.154. The van der Waals surface area contributed by atoms with Crippen molar-refractivity contribution in [1.82, 2.24) is 9.97 Å². The average Bonchev–Trinajstić information content (AvgIpc) is 2.87. The van der Waals surface area contributed by atoms with Crippen LogP contribution in [-0.4, -0.2) is 29.1 Å². The molecule has 0 spiro atoms. The predicted molar refractivity (Wildman–Crippen MR) is 78.8 cm³/mol. The van der Waals surface area contributed by atoms with Crippen LogP contribution >= 0.6 is 0 Å². The minimum atomic E-state index is -0.267. The van der Waals surface area contributed by atoms with Crippen molar-refractivity contribution >= 4 is 17.5 Å². The van der Waals surface area contributed by atoms with Gasteiger partial charge in [0.1, 0.15) is 12.7 Å². The zero-order valence-electron chi connectivity index (χ0n) is 11.7. The first-order chi connectivity index (χ1) is 10.3. The molecule has 3 rings (SSSR count). The molecule has 0 radical (unpaired) electrons. The highest BCUT2D eigenvalue weighted by Crippen LogP contribution is 2.38. The molecule has 1 unspecified atom stereocenters. The number of fused-ring (bicyclic) bond motifs is 1. The van der Waals surface area contributed by atoms with E-state index < -0.39 is 0 Å². The summed E-state index contributed by atoms with van der Waals surface area (Å²) in [5.74, 6) is 0.481. The Hall–Kier alpha value is -2.63. The Morgan fingerprint density at radius 1 is 1.29 bits per heavy atom. The molecular formula is C15H16N4O2. The molecule has 1 N–H and O–H groups in total. The molecule has 2 aromatic heterocycles. The number of aromatic nitrogens is 2. The monoisotopic (exact) mass is 284 g/mol. The van der Waals surface area contributed by atoms with Gasteiger partial charge >= 0.3 is 5.97 Å². The second kappa shape index (κ2) is 5.78. The van der Waals surface area contributed by atoms with E-state index in [1.54, 1.807) is 19.3 Å². The van der Waals surface area contributed by atoms with Gasteiger partial charge in [0.2, 0.25) is 0 Å². The number of nitrogens with zero attached hydrogens (tertiary/aromatic N) is 3. The van der Waals surface area contributed by atoms with Gasteiger partial charge in [-0.05, 0) is 31.2 Å². The van der Waals surface area contributed by atoms with Crippen molar-refractivity contribution < 1.29 is 9.53 Å². The zero-order valence-corrected chi connectivity index (χ0v) is 11.7. The molecule has 0 amide bonds. The van der Waals surface area contributed by atoms with Crippen molar-refractivity contribution in [2.45, 2.75) is 13.1 Å². The first-order valence-electron chi connectivity index (χ1n) is 6.84. The van der Waals surface area contributed by atoms with Gasteiger partial charge in [-0.15, -0.1) is 0 Å². The highest BCUT2D eigenvalue weighted by Gasteiger charge is 2.33. The Morgan fingerprint density at radius 2 is 2.14 bits per heavy atom. The molecule has 21 heavy (non-hydrogen) atoms. The second-order valence-electron chi connectivity index (χ2n) is 4.61. The summed E-state index contributed by atoms with van der Waals surface area (Å²) in [5, 5.41) is 3.29. The van der Waals surface area contributed by atoms with E-state index in [0.717, 1.165) is 17.2 Å². The first-order valence-corrected chi connectivity index (χ1v) is 6.84. The molecule has 6 heteroatoms. The lowest BCUT2D eigenvalue weighted by Crippen LogP contribution is -2.34. The van der Waals surface area contributed by atoms with Crippen LogP contribution in [0.1, 0.15) is 18.8 Å². The maximum Gasteiger partial charge on any atom is 0.325 e. The topological polar surface area (TPSA) is 67.3 Å². The van der Waals surface area contributed by atoms with Crippen LogP contribution in [0.5, 0.6) is 0 Å². The average molecular weight is 284 g/mol. The molecule has 108 valence electrons. The molecule has 2 aromatic rings. The van der Waals surface area contributed by atoms with Crippen LogP contribution in [0.2, 0.25) is 0 Å². The molecule has 3 heterocycles. The highest BCUT2D eigenvalue weighted by molar-refractivity contribution is 5.81. The van der Waals surface area contributed by atoms with E-state index in [1.165, 1.54) is 0 Å². The molecular weight excluding hydrogens is 268 g/mol. The van der Waals surface area contributed by atoms with Crippen molar-refractivity contribution in [3.63, 3.8) is 0 Å². The Kier molecular flexibility index (Phi) is 3.68. The van der Waals surface area contributed by atoms with Crippen molar-refractivity contribution in [3.8, 4) is 0 Å². The number of carbonyl (C=O) groups excluding carboxylic acids is 1. The smallest absolute Gasteiger partial charge is 0.325 e. The molecule has 0 saturated heterocycles. The third-order valence-electron chi connectivity index (χ3n) is 3.25. The zero-order chi connectivity index (χ0) is 14.7. The molecule has 0 bridgehead atoms. The fourth-order valence-corrected chi connectivity index (χ4v) is 2.38. The normalized spacial score (nSPS) is 16.2. The summed E-state index contributed by atoms with van der Waals surface area (Å²) in [6.07, 6.45) is 3.23. The summed E-state index contributed by atoms with van der Waals surface area (Å²) in [6.45, 7) is 2.32. The van der Waals surface area contributed by atoms with Crippen molar-refractivity contribution in [3.05, 3.63) is 48.4 Å². The minimum Gasteiger partial charge on any atom is -0.465 e. The Bertz CT molecular complexity index is 633. The summed E-state index contributed by atoms with van der Waals surface area (Å²) in [5.41, 5.74) is 1.71. The number of hydrogen-bond donors (Lipinski definition) is 1. The number of nitrogens with one attached hydrogen (secondary N) is 1. The SMILES string of the molecule is CCOC(=O)CN1c2cccnc2NC1c1ccccn1. The van der Waals surface area contributed by atoms with Crippen LogP contribution in [0.25, 0.3) is 0 Å². The maximum atomic E-state index is 11.9. The standard InChI is InChI=1S/C15H16N4O2/c1-2-21-13(20)10-19-12-7-5-9-17-14(12)18-15(19)11-6-3-4-8-16-11/h3-9,15H,2,10H2,1H3,(H,17,18). The summed E-state index contributed by atoms with van der Waals surface area (Å²) in [4.78, 5) is 22.4. The lowest BCUT2D eigenvalue weighted by Gasteiger charge is -2.25. The molecule has 1 aliphatic heterocycles. The molecule has 0 aromatic carbocycles. The van der Waals surface area contributed by atoms with Gasteiger partial charge in [0, 0.05) is 12.4 Å². The van der Waals surface area contributed by atoms with Crippen LogP contribution in [0, 0.1) is 0 Å². The highest BCUT2D eigenvalue weighted by atomic mass is 16.5. The third-order valence-corrected chi connectivity index (χ3v) is 3.25. The van der Waals surface area contributed by atoms with Gasteiger partial charge < -0.3 is 15.0 Å². The van der Waals surface area contributed by atoms with Gasteiger partial charge in [-0.2, -0.15) is 0 Å². The molecule has 6 nitrogen and oxygen atoms in total. The van der Waals surface area contributed by atoms with Gasteiger partial charge in [-0.3, -0.25) is 9.78 Å². The van der Waals surface area contributed by atoms with E-state index in [-0.39, 0.29) is 18.7 Å². The number of rotatable bonds is 4. The van der Waals surface area contributed by atoms with E-state index >= 15 is 0 Å². The third kappa shape index (κ3) is 2.65. The number of hydrogen-bond acceptors (Lipinski definition) is 6. The summed E-state index contributed by atoms with van der Waals surface area (Å²) in [6, 6.07) is 9.47. The van der Waals surface area contributed by atoms with Crippen LogP contribution in [0.4, 0.5) is 11.5 Å². The molecule has 0 fully saturated rings. The number of anilines is 2. The molecule has 0 aliphatic carbocycles. The van der Waals surface area contributed by atoms with E-state index in [9.17, 15) is 4.79 Å². The lowest BCUT2D eigenvalue weighted by atomic mass is 10.2. The van der Waals surface area contributed by atoms with Gasteiger partial charge in [-0.25, -0.2) is 4.98 Å². The van der Waals surface area contributed by atoms with Crippen LogP contribution in [-0.2, 0) is 9.53 Å². The van der Waals surface area contributed by atoms with E-state index in [0.29, 0.717) is 6.61 Å². The number of carbonyl (C=O) groups is 1. The largest absolute Gasteiger partial charge is 0.465 e. The second-order valence-corrected chi connectivity index (χ2v) is 4.61. The molecule has 0 saturated carbocycles. The fraction of sp³-hybridized carbons (Fsp3) is 0.267. The van der Waals surface area contributed by atoms with Crippen molar-refractivity contribution in [1.29, 1.82) is 0 Å². The van der Waals surface area contributed by atoms with Crippen LogP contribution in [0.15, 0.2) is 42.7 Å². The Labute approximate surface area is 122 Å². The molecule has 1 aliphatic rings. The van der Waals surface area contributed by atoms with Crippen molar-refractivity contribution in [2.75, 3.05) is 23.4 Å². The van der Waals surface area contributed by atoms with Gasteiger partial charge in [-0.1, -0.05) is 6.07 Å². The molecule has 1 atom stereocenters. The number of ether oxygens (including phenoxy) is 1. The van der Waals surface area contributed by atoms with Crippen LogP contribution < -0.4 is 10.2 Å². The van der Waals surface area contributed by atoms with Crippen LogP contribution in [0.3, 0.4) is 0 Å². The maximum absolute atomic E-state index is 11.9. The lowest BCUT2D eigenvalue weighted by molar-refractivity contribution is -0.141. The Balaban J connectivity index is 1.91. The van der Waals surface area contributed by atoms with Crippen molar-refractivity contribution in [2.24, 2.45) is 0 Å². The summed E-state index contributed by atoms with van der Waals surface area (Å²) >= 11 is 0. The van der Waals surface area contributed by atoms with Gasteiger partial charge in [0.25, 0.3) is 0 Å². The summed E-state index contributed by atoms with van der Waals surface area (Å²) in [7, 11) is 0. The number of esters is 1. The van der Waals surface area contributed by atoms with E-state index in [1.807, 2.05) is 35.2 Å².